The molecule has 2 aliphatic rings. The van der Waals surface area contributed by atoms with E-state index in [4.69, 9.17) is 4.98 Å². The molecule has 2 fully saturated rings. The van der Waals surface area contributed by atoms with E-state index in [-0.39, 0.29) is 23.9 Å². The maximum atomic E-state index is 14.2. The Morgan fingerprint density at radius 3 is 2.76 bits per heavy atom. The van der Waals surface area contributed by atoms with E-state index >= 15 is 0 Å². The zero-order chi connectivity index (χ0) is 26.6. The minimum Gasteiger partial charge on any atom is -0.354 e. The van der Waals surface area contributed by atoms with E-state index in [2.05, 4.69) is 42.3 Å². The van der Waals surface area contributed by atoms with Crippen molar-refractivity contribution < 1.29 is 9.59 Å². The molecule has 3 heterocycles. The van der Waals surface area contributed by atoms with E-state index in [1.165, 1.54) is 22.5 Å². The average molecular weight is 546 g/mol. The van der Waals surface area contributed by atoms with Crippen LogP contribution in [0.5, 0.6) is 0 Å². The number of thiazole rings is 2. The number of likely N-dealkylation sites (tertiary alicyclic amines) is 1. The number of amides is 2. The van der Waals surface area contributed by atoms with Crippen LogP contribution in [0.15, 0.2) is 41.9 Å². The van der Waals surface area contributed by atoms with Crippen molar-refractivity contribution in [2.24, 2.45) is 5.92 Å². The summed E-state index contributed by atoms with van der Waals surface area (Å²) in [5, 5.41) is 3.96. The fourth-order valence-corrected chi connectivity index (χ4v) is 7.65. The van der Waals surface area contributed by atoms with Crippen molar-refractivity contribution in [2.45, 2.75) is 45.2 Å². The van der Waals surface area contributed by atoms with Crippen molar-refractivity contribution >= 4 is 49.8 Å². The van der Waals surface area contributed by atoms with Crippen LogP contribution in [-0.2, 0) is 0 Å². The minimum absolute atomic E-state index is 0.0291. The van der Waals surface area contributed by atoms with Crippen LogP contribution < -0.4 is 10.2 Å². The Bertz CT molecular complexity index is 1540. The van der Waals surface area contributed by atoms with Gasteiger partial charge in [-0.2, -0.15) is 0 Å². The minimum atomic E-state index is -0.116. The third-order valence-electron chi connectivity index (χ3n) is 8.02. The maximum Gasteiger partial charge on any atom is 0.274 e. The predicted octanol–water partition coefficient (Wildman–Crippen LogP) is 5.53. The first kappa shape index (κ1) is 25.0. The van der Waals surface area contributed by atoms with Gasteiger partial charge in [0.25, 0.3) is 11.8 Å². The van der Waals surface area contributed by atoms with Gasteiger partial charge in [0.1, 0.15) is 5.69 Å². The smallest absolute Gasteiger partial charge is 0.274 e. The zero-order valence-corrected chi connectivity index (χ0v) is 23.7. The van der Waals surface area contributed by atoms with Crippen LogP contribution in [0.1, 0.15) is 51.2 Å². The molecule has 0 unspecified atom stereocenters. The number of carbonyl (C=O) groups excluding carboxylic acids is 2. The lowest BCUT2D eigenvalue weighted by molar-refractivity contribution is 0.0578. The number of anilines is 1. The Morgan fingerprint density at radius 2 is 1.97 bits per heavy atom. The molecule has 7 nitrogen and oxygen atoms in total. The molecule has 196 valence electrons. The number of fused-ring (bicyclic) bond motifs is 3. The van der Waals surface area contributed by atoms with Crippen molar-refractivity contribution in [1.29, 1.82) is 0 Å². The standard InChI is InChI=1S/C29H31N5O2S2/c1-16-8-9-19(12-17(16)2)25-24(32-29(38-25)33(3)4)28(36)34-20-11-10-18(13-20)23(34)14-30-27(35)21-6-5-7-22-26(21)37-15-31-22/h5-9,12,15,18,20,23H,10-11,13-14H2,1-4H3,(H,30,35)/t18-,20+,23-/m0/s1. The van der Waals surface area contributed by atoms with Crippen LogP contribution in [0.4, 0.5) is 5.13 Å². The molecule has 4 aromatic rings. The summed E-state index contributed by atoms with van der Waals surface area (Å²) in [7, 11) is 3.91. The largest absolute Gasteiger partial charge is 0.354 e. The van der Waals surface area contributed by atoms with Crippen molar-refractivity contribution in [2.75, 3.05) is 25.5 Å². The van der Waals surface area contributed by atoms with E-state index in [1.807, 2.05) is 42.1 Å². The number of nitrogens with zero attached hydrogens (tertiary/aromatic N) is 4. The van der Waals surface area contributed by atoms with Gasteiger partial charge >= 0.3 is 0 Å². The normalized spacial score (nSPS) is 20.3. The topological polar surface area (TPSA) is 78.4 Å². The number of carbonyl (C=O) groups is 2. The molecule has 1 saturated carbocycles. The summed E-state index contributed by atoms with van der Waals surface area (Å²) >= 11 is 3.03. The average Bonchev–Trinajstić information content (AvgIpc) is 3.71. The number of piperidine rings is 1. The summed E-state index contributed by atoms with van der Waals surface area (Å²) in [6.45, 7) is 4.63. The molecular formula is C29H31N5O2S2. The number of rotatable bonds is 6. The highest BCUT2D eigenvalue weighted by Crippen LogP contribution is 2.44. The molecule has 0 spiro atoms. The van der Waals surface area contributed by atoms with Gasteiger partial charge < -0.3 is 15.1 Å². The monoisotopic (exact) mass is 545 g/mol. The molecule has 6 rings (SSSR count). The van der Waals surface area contributed by atoms with Crippen molar-refractivity contribution in [3.63, 3.8) is 0 Å². The number of hydrogen-bond acceptors (Lipinski definition) is 7. The van der Waals surface area contributed by atoms with Crippen molar-refractivity contribution in [3.05, 3.63) is 64.3 Å². The Kier molecular flexibility index (Phi) is 6.44. The molecule has 2 amide bonds. The number of aryl methyl sites for hydroxylation is 2. The second kappa shape index (κ2) is 9.78. The number of hydrogen-bond donors (Lipinski definition) is 1. The number of aromatic nitrogens is 2. The molecular weight excluding hydrogens is 514 g/mol. The SMILES string of the molecule is Cc1ccc(-c2sc(N(C)C)nc2C(=O)N2[C@@H]3CC[C@@H](C3)[C@@H]2CNC(=O)c2cccc3ncsc23)cc1C. The molecule has 2 bridgehead atoms. The highest BCUT2D eigenvalue weighted by molar-refractivity contribution is 7.19. The van der Waals surface area contributed by atoms with Gasteiger partial charge in [0.15, 0.2) is 5.13 Å². The van der Waals surface area contributed by atoms with Crippen LogP contribution in [0.2, 0.25) is 0 Å². The first-order valence-corrected chi connectivity index (χ1v) is 14.7. The lowest BCUT2D eigenvalue weighted by Crippen LogP contribution is -2.50. The third kappa shape index (κ3) is 4.27. The summed E-state index contributed by atoms with van der Waals surface area (Å²) in [4.78, 5) is 41.5. The fraction of sp³-hybridized carbons (Fsp3) is 0.379. The first-order chi connectivity index (χ1) is 18.3. The van der Waals surface area contributed by atoms with E-state index < -0.39 is 0 Å². The first-order valence-electron chi connectivity index (χ1n) is 13.0. The van der Waals surface area contributed by atoms with Crippen LogP contribution in [-0.4, -0.2) is 59.4 Å². The zero-order valence-electron chi connectivity index (χ0n) is 22.0. The molecule has 2 aromatic carbocycles. The summed E-state index contributed by atoms with van der Waals surface area (Å²) < 4.78 is 0.891. The molecule has 2 aromatic heterocycles. The third-order valence-corrected chi connectivity index (χ3v) is 10.2. The molecule has 1 saturated heterocycles. The van der Waals surface area contributed by atoms with Crippen molar-refractivity contribution in [3.8, 4) is 10.4 Å². The molecule has 0 radical (unpaired) electrons. The van der Waals surface area contributed by atoms with Gasteiger partial charge in [-0.05, 0) is 67.9 Å². The molecule has 38 heavy (non-hydrogen) atoms. The van der Waals surface area contributed by atoms with Gasteiger partial charge in [-0.25, -0.2) is 9.97 Å². The van der Waals surface area contributed by atoms with Gasteiger partial charge in [0, 0.05) is 26.7 Å². The van der Waals surface area contributed by atoms with Gasteiger partial charge in [0.2, 0.25) is 0 Å². The number of nitrogens with one attached hydrogen (secondary N) is 1. The van der Waals surface area contributed by atoms with E-state index in [0.29, 0.717) is 23.7 Å². The van der Waals surface area contributed by atoms with Crippen molar-refractivity contribution in [1.82, 2.24) is 20.2 Å². The lowest BCUT2D eigenvalue weighted by atomic mass is 9.97. The quantitative estimate of drug-likeness (QED) is 0.345. The van der Waals surface area contributed by atoms with Gasteiger partial charge in [0.05, 0.1) is 32.2 Å². The van der Waals surface area contributed by atoms with Crippen LogP contribution in [0.25, 0.3) is 20.7 Å². The molecule has 3 atom stereocenters. The Balaban J connectivity index is 1.29. The molecule has 9 heteroatoms. The number of benzene rings is 2. The van der Waals surface area contributed by atoms with E-state index in [0.717, 1.165) is 45.1 Å². The Labute approximate surface area is 230 Å². The molecule has 1 aliphatic heterocycles. The van der Waals surface area contributed by atoms with E-state index in [9.17, 15) is 9.59 Å². The van der Waals surface area contributed by atoms with Crippen LogP contribution >= 0.6 is 22.7 Å². The fourth-order valence-electron chi connectivity index (χ4n) is 5.88. The predicted molar refractivity (Wildman–Crippen MR) is 154 cm³/mol. The highest BCUT2D eigenvalue weighted by atomic mass is 32.1. The Morgan fingerprint density at radius 1 is 1.13 bits per heavy atom. The summed E-state index contributed by atoms with van der Waals surface area (Å²) in [6.07, 6.45) is 3.08. The molecule has 1 aliphatic carbocycles. The van der Waals surface area contributed by atoms with Gasteiger partial charge in [-0.3, -0.25) is 9.59 Å². The summed E-state index contributed by atoms with van der Waals surface area (Å²) in [5.74, 6) is 0.244. The molecule has 1 N–H and O–H groups in total. The second-order valence-corrected chi connectivity index (χ2v) is 12.4. The summed E-state index contributed by atoms with van der Waals surface area (Å²) in [6, 6.07) is 12.1. The van der Waals surface area contributed by atoms with Crippen LogP contribution in [0.3, 0.4) is 0 Å². The van der Waals surface area contributed by atoms with Gasteiger partial charge in [-0.15, -0.1) is 11.3 Å². The van der Waals surface area contributed by atoms with E-state index in [1.54, 1.807) is 16.8 Å². The summed E-state index contributed by atoms with van der Waals surface area (Å²) in [5.41, 5.74) is 7.18. The van der Waals surface area contributed by atoms with Gasteiger partial charge in [-0.1, -0.05) is 35.6 Å². The second-order valence-electron chi connectivity index (χ2n) is 10.6. The van der Waals surface area contributed by atoms with Crippen LogP contribution in [0, 0.1) is 19.8 Å². The lowest BCUT2D eigenvalue weighted by Gasteiger charge is -2.35. The highest BCUT2D eigenvalue weighted by Gasteiger charge is 2.49. The Hall–Kier alpha value is -3.30. The maximum absolute atomic E-state index is 14.2.